The molecule has 1 aliphatic heterocycles. The van der Waals surface area contributed by atoms with Crippen LogP contribution in [0.1, 0.15) is 48.4 Å². The predicted octanol–water partition coefficient (Wildman–Crippen LogP) is 3.77. The molecule has 1 fully saturated rings. The number of aromatic nitrogens is 2. The summed E-state index contributed by atoms with van der Waals surface area (Å²) >= 11 is 0. The third-order valence-electron chi connectivity index (χ3n) is 5.62. The van der Waals surface area contributed by atoms with Gasteiger partial charge in [0, 0.05) is 32.4 Å². The van der Waals surface area contributed by atoms with Crippen molar-refractivity contribution in [1.29, 1.82) is 0 Å². The highest BCUT2D eigenvalue weighted by atomic mass is 19.1. The SMILES string of the molecule is CC(C)Cc1cc(C(=O)N(C)C[C@H]2CCCN(CCc3ccccc3F)C2)n[nH]1. The Hall–Kier alpha value is -2.21. The van der Waals surface area contributed by atoms with Gasteiger partial charge >= 0.3 is 0 Å². The van der Waals surface area contributed by atoms with E-state index < -0.39 is 0 Å². The van der Waals surface area contributed by atoms with Gasteiger partial charge in [-0.3, -0.25) is 9.89 Å². The highest BCUT2D eigenvalue weighted by Gasteiger charge is 2.24. The molecule has 1 aromatic carbocycles. The quantitative estimate of drug-likeness (QED) is 0.734. The minimum absolute atomic E-state index is 0.0280. The molecule has 158 valence electrons. The predicted molar refractivity (Wildman–Crippen MR) is 113 cm³/mol. The summed E-state index contributed by atoms with van der Waals surface area (Å²) in [5.74, 6) is 0.808. The second-order valence-electron chi connectivity index (χ2n) is 8.71. The van der Waals surface area contributed by atoms with E-state index in [1.165, 1.54) is 6.07 Å². The lowest BCUT2D eigenvalue weighted by molar-refractivity contribution is 0.0724. The lowest BCUT2D eigenvalue weighted by Crippen LogP contribution is -2.42. The molecule has 0 unspecified atom stereocenters. The topological polar surface area (TPSA) is 52.2 Å². The number of carbonyl (C=O) groups is 1. The molecule has 1 aromatic heterocycles. The van der Waals surface area contributed by atoms with Gasteiger partial charge in [-0.2, -0.15) is 5.10 Å². The standard InChI is InChI=1S/C23H33FN4O/c1-17(2)13-20-14-22(26-25-20)23(29)27(3)15-18-7-6-11-28(16-18)12-10-19-8-4-5-9-21(19)24/h4-5,8-9,14,17-18H,6-7,10-13,15-16H2,1-3H3,(H,25,26)/t18-/m1/s1. The molecule has 0 spiro atoms. The molecule has 0 radical (unpaired) electrons. The number of hydrogen-bond acceptors (Lipinski definition) is 3. The molecule has 2 heterocycles. The van der Waals surface area contributed by atoms with E-state index in [1.54, 1.807) is 11.0 Å². The third kappa shape index (κ3) is 6.13. The van der Waals surface area contributed by atoms with Crippen LogP contribution in [-0.4, -0.2) is 59.1 Å². The zero-order valence-electron chi connectivity index (χ0n) is 17.8. The summed E-state index contributed by atoms with van der Waals surface area (Å²) in [5.41, 5.74) is 2.28. The molecule has 29 heavy (non-hydrogen) atoms. The van der Waals surface area contributed by atoms with Gasteiger partial charge in [-0.05, 0) is 61.8 Å². The van der Waals surface area contributed by atoms with E-state index in [4.69, 9.17) is 0 Å². The normalized spacial score (nSPS) is 17.6. The van der Waals surface area contributed by atoms with E-state index in [0.29, 0.717) is 17.5 Å². The van der Waals surface area contributed by atoms with Crippen LogP contribution in [0, 0.1) is 17.7 Å². The number of carbonyl (C=O) groups excluding carboxylic acids is 1. The van der Waals surface area contributed by atoms with Gasteiger partial charge in [-0.15, -0.1) is 0 Å². The van der Waals surface area contributed by atoms with Crippen LogP contribution in [-0.2, 0) is 12.8 Å². The molecular formula is C23H33FN4O. The van der Waals surface area contributed by atoms with Crippen LogP contribution in [0.2, 0.25) is 0 Å². The number of H-pyrrole nitrogens is 1. The molecule has 5 nitrogen and oxygen atoms in total. The van der Waals surface area contributed by atoms with Crippen molar-refractivity contribution in [1.82, 2.24) is 20.0 Å². The van der Waals surface area contributed by atoms with Crippen LogP contribution in [0.4, 0.5) is 4.39 Å². The van der Waals surface area contributed by atoms with Gasteiger partial charge < -0.3 is 9.80 Å². The van der Waals surface area contributed by atoms with Crippen molar-refractivity contribution in [3.05, 3.63) is 53.1 Å². The minimum atomic E-state index is -0.123. The Morgan fingerprint density at radius 2 is 2.17 bits per heavy atom. The number of piperidine rings is 1. The summed E-state index contributed by atoms with van der Waals surface area (Å²) in [6.45, 7) is 7.87. The fraction of sp³-hybridized carbons (Fsp3) is 0.565. The van der Waals surface area contributed by atoms with Crippen molar-refractivity contribution >= 4 is 5.91 Å². The number of rotatable bonds is 8. The first-order valence-electron chi connectivity index (χ1n) is 10.7. The van der Waals surface area contributed by atoms with E-state index >= 15 is 0 Å². The number of benzene rings is 1. The molecule has 1 amide bonds. The first-order valence-corrected chi connectivity index (χ1v) is 10.7. The molecule has 0 saturated carbocycles. The Bertz CT molecular complexity index is 804. The number of halogens is 1. The summed E-state index contributed by atoms with van der Waals surface area (Å²) < 4.78 is 13.8. The van der Waals surface area contributed by atoms with Crippen LogP contribution < -0.4 is 0 Å². The zero-order valence-corrected chi connectivity index (χ0v) is 17.8. The van der Waals surface area contributed by atoms with Crippen molar-refractivity contribution in [2.24, 2.45) is 11.8 Å². The highest BCUT2D eigenvalue weighted by molar-refractivity contribution is 5.92. The molecule has 1 saturated heterocycles. The van der Waals surface area contributed by atoms with Gasteiger partial charge in [-0.25, -0.2) is 4.39 Å². The smallest absolute Gasteiger partial charge is 0.274 e. The Morgan fingerprint density at radius 3 is 2.93 bits per heavy atom. The summed E-state index contributed by atoms with van der Waals surface area (Å²) in [5, 5.41) is 7.19. The molecule has 3 rings (SSSR count). The first kappa shape index (κ1) is 21.5. The van der Waals surface area contributed by atoms with Crippen LogP contribution in [0.3, 0.4) is 0 Å². The van der Waals surface area contributed by atoms with Crippen LogP contribution in [0.15, 0.2) is 30.3 Å². The summed E-state index contributed by atoms with van der Waals surface area (Å²) in [6, 6.07) is 8.88. The fourth-order valence-electron chi connectivity index (χ4n) is 4.16. The van der Waals surface area contributed by atoms with Gasteiger partial charge in [0.15, 0.2) is 0 Å². The number of amides is 1. The van der Waals surface area contributed by atoms with Gasteiger partial charge in [0.05, 0.1) is 0 Å². The lowest BCUT2D eigenvalue weighted by atomic mass is 9.97. The van der Waals surface area contributed by atoms with E-state index in [-0.39, 0.29) is 11.7 Å². The maximum Gasteiger partial charge on any atom is 0.274 e. The van der Waals surface area contributed by atoms with Gasteiger partial charge in [0.1, 0.15) is 11.5 Å². The van der Waals surface area contributed by atoms with Crippen molar-refractivity contribution in [2.45, 2.75) is 39.5 Å². The van der Waals surface area contributed by atoms with Crippen molar-refractivity contribution < 1.29 is 9.18 Å². The number of hydrogen-bond donors (Lipinski definition) is 1. The number of aromatic amines is 1. The van der Waals surface area contributed by atoms with Gasteiger partial charge in [0.25, 0.3) is 5.91 Å². The molecular weight excluding hydrogens is 367 g/mol. The lowest BCUT2D eigenvalue weighted by Gasteiger charge is -2.34. The summed E-state index contributed by atoms with van der Waals surface area (Å²) in [6.07, 6.45) is 3.85. The third-order valence-corrected chi connectivity index (χ3v) is 5.62. The Labute approximate surface area is 173 Å². The molecule has 0 bridgehead atoms. The largest absolute Gasteiger partial charge is 0.340 e. The maximum atomic E-state index is 13.8. The number of likely N-dealkylation sites (tertiary alicyclic amines) is 1. The van der Waals surface area contributed by atoms with Crippen LogP contribution >= 0.6 is 0 Å². The maximum absolute atomic E-state index is 13.8. The minimum Gasteiger partial charge on any atom is -0.340 e. The molecule has 6 heteroatoms. The summed E-state index contributed by atoms with van der Waals surface area (Å²) in [7, 11) is 1.86. The Balaban J connectivity index is 1.49. The first-order chi connectivity index (χ1) is 13.9. The van der Waals surface area contributed by atoms with E-state index in [0.717, 1.165) is 63.1 Å². The van der Waals surface area contributed by atoms with Crippen molar-refractivity contribution in [2.75, 3.05) is 33.2 Å². The molecule has 1 aliphatic rings. The number of nitrogens with one attached hydrogen (secondary N) is 1. The fourth-order valence-corrected chi connectivity index (χ4v) is 4.16. The Morgan fingerprint density at radius 1 is 1.38 bits per heavy atom. The van der Waals surface area contributed by atoms with E-state index in [2.05, 4.69) is 28.9 Å². The second-order valence-corrected chi connectivity index (χ2v) is 8.71. The van der Waals surface area contributed by atoms with Gasteiger partial charge in [-0.1, -0.05) is 32.0 Å². The zero-order chi connectivity index (χ0) is 20.8. The van der Waals surface area contributed by atoms with Crippen molar-refractivity contribution in [3.63, 3.8) is 0 Å². The Kier molecular flexibility index (Phi) is 7.42. The van der Waals surface area contributed by atoms with E-state index in [9.17, 15) is 9.18 Å². The second kappa shape index (κ2) is 10.0. The van der Waals surface area contributed by atoms with Crippen LogP contribution in [0.25, 0.3) is 0 Å². The monoisotopic (exact) mass is 400 g/mol. The molecule has 2 aromatic rings. The summed E-state index contributed by atoms with van der Waals surface area (Å²) in [4.78, 5) is 16.9. The van der Waals surface area contributed by atoms with E-state index in [1.807, 2.05) is 25.2 Å². The average Bonchev–Trinajstić information content (AvgIpc) is 3.14. The number of nitrogens with zero attached hydrogens (tertiary/aromatic N) is 3. The van der Waals surface area contributed by atoms with Crippen LogP contribution in [0.5, 0.6) is 0 Å². The van der Waals surface area contributed by atoms with Crippen molar-refractivity contribution in [3.8, 4) is 0 Å². The molecule has 1 atom stereocenters. The highest BCUT2D eigenvalue weighted by Crippen LogP contribution is 2.19. The van der Waals surface area contributed by atoms with Gasteiger partial charge in [0.2, 0.25) is 0 Å². The molecule has 0 aliphatic carbocycles. The average molecular weight is 401 g/mol. The molecule has 1 N–H and O–H groups in total.